The maximum Gasteiger partial charge on any atom is 0.255 e. The molecule has 4 aromatic rings. The third-order valence-electron chi connectivity index (χ3n) is 5.93. The molecule has 0 atom stereocenters. The lowest BCUT2D eigenvalue weighted by Gasteiger charge is -2.13. The summed E-state index contributed by atoms with van der Waals surface area (Å²) in [5, 5.41) is 15.6. The van der Waals surface area contributed by atoms with Crippen LogP contribution in [0.5, 0.6) is 5.75 Å². The van der Waals surface area contributed by atoms with Gasteiger partial charge in [0.2, 0.25) is 0 Å². The number of nitrogens with one attached hydrogen (secondary N) is 1. The first-order valence-corrected chi connectivity index (χ1v) is 11.0. The Morgan fingerprint density at radius 2 is 1.88 bits per heavy atom. The largest absolute Gasteiger partial charge is 0.497 e. The number of benzene rings is 1. The van der Waals surface area contributed by atoms with Crippen molar-refractivity contribution in [3.63, 3.8) is 0 Å². The molecular formula is C24H25N7O2. The Hall–Kier alpha value is -4.01. The van der Waals surface area contributed by atoms with E-state index in [0.717, 1.165) is 22.7 Å². The van der Waals surface area contributed by atoms with Crippen LogP contribution in [0, 0.1) is 0 Å². The maximum atomic E-state index is 12.6. The number of aromatic nitrogens is 6. The van der Waals surface area contributed by atoms with Crippen molar-refractivity contribution in [1.82, 2.24) is 29.8 Å². The minimum atomic E-state index is -0.147. The van der Waals surface area contributed by atoms with Gasteiger partial charge in [0.1, 0.15) is 11.6 Å². The standard InChI is InChI=1S/C24H25N7O2/c1-33-21-10-6-17(7-11-21)15-31-24(27-28-29-31)18-8-13-23(32)30(16-18)20-9-12-22(25-14-20)26-19-4-2-3-5-19/h6-14,16,19H,2-5,15H2,1H3,(H,25,26). The van der Waals surface area contributed by atoms with Crippen LogP contribution in [0.15, 0.2) is 65.7 Å². The number of rotatable bonds is 7. The third kappa shape index (κ3) is 4.62. The van der Waals surface area contributed by atoms with Crippen LogP contribution >= 0.6 is 0 Å². The van der Waals surface area contributed by atoms with Crippen LogP contribution in [-0.4, -0.2) is 42.9 Å². The zero-order chi connectivity index (χ0) is 22.6. The molecular weight excluding hydrogens is 418 g/mol. The Morgan fingerprint density at radius 3 is 2.61 bits per heavy atom. The molecule has 1 aliphatic rings. The van der Waals surface area contributed by atoms with Crippen molar-refractivity contribution in [3.8, 4) is 22.8 Å². The number of nitrogens with zero attached hydrogens (tertiary/aromatic N) is 6. The lowest BCUT2D eigenvalue weighted by Crippen LogP contribution is -2.18. The fraction of sp³-hybridized carbons (Fsp3) is 0.292. The molecule has 3 heterocycles. The molecule has 0 bridgehead atoms. The van der Waals surface area contributed by atoms with Crippen molar-refractivity contribution in [1.29, 1.82) is 0 Å². The molecule has 0 unspecified atom stereocenters. The zero-order valence-corrected chi connectivity index (χ0v) is 18.4. The van der Waals surface area contributed by atoms with E-state index in [2.05, 4.69) is 25.8 Å². The SMILES string of the molecule is COc1ccc(Cn2nnnc2-c2ccc(=O)n(-c3ccc(NC4CCCC4)nc3)c2)cc1. The number of anilines is 1. The van der Waals surface area contributed by atoms with Gasteiger partial charge in [0.05, 0.1) is 25.5 Å². The van der Waals surface area contributed by atoms with E-state index in [0.29, 0.717) is 24.1 Å². The molecule has 0 radical (unpaired) electrons. The first kappa shape index (κ1) is 20.9. The average Bonchev–Trinajstić information content (AvgIpc) is 3.53. The second-order valence-corrected chi connectivity index (χ2v) is 8.16. The van der Waals surface area contributed by atoms with E-state index in [-0.39, 0.29) is 5.56 Å². The number of ether oxygens (including phenoxy) is 1. The first-order valence-electron chi connectivity index (χ1n) is 11.0. The summed E-state index contributed by atoms with van der Waals surface area (Å²) in [5.41, 5.74) is 2.31. The molecule has 33 heavy (non-hydrogen) atoms. The minimum Gasteiger partial charge on any atom is -0.497 e. The third-order valence-corrected chi connectivity index (χ3v) is 5.93. The minimum absolute atomic E-state index is 0.147. The van der Waals surface area contributed by atoms with E-state index in [1.165, 1.54) is 31.7 Å². The van der Waals surface area contributed by atoms with Gasteiger partial charge in [-0.2, -0.15) is 0 Å². The summed E-state index contributed by atoms with van der Waals surface area (Å²) in [5.74, 6) is 2.20. The smallest absolute Gasteiger partial charge is 0.255 e. The van der Waals surface area contributed by atoms with Gasteiger partial charge in [-0.05, 0) is 59.2 Å². The van der Waals surface area contributed by atoms with Gasteiger partial charge in [0.25, 0.3) is 5.56 Å². The fourth-order valence-corrected chi connectivity index (χ4v) is 4.14. The number of methoxy groups -OCH3 is 1. The Bertz CT molecular complexity index is 1270. The van der Waals surface area contributed by atoms with Crippen molar-refractivity contribution < 1.29 is 4.74 Å². The van der Waals surface area contributed by atoms with Gasteiger partial charge >= 0.3 is 0 Å². The molecule has 5 rings (SSSR count). The maximum absolute atomic E-state index is 12.6. The Kier molecular flexibility index (Phi) is 5.84. The van der Waals surface area contributed by atoms with Gasteiger partial charge in [-0.15, -0.1) is 5.10 Å². The highest BCUT2D eigenvalue weighted by Crippen LogP contribution is 2.22. The Balaban J connectivity index is 1.39. The molecule has 168 valence electrons. The summed E-state index contributed by atoms with van der Waals surface area (Å²) in [6.07, 6.45) is 8.33. The molecule has 9 heteroatoms. The second-order valence-electron chi connectivity index (χ2n) is 8.16. The van der Waals surface area contributed by atoms with Crippen molar-refractivity contribution in [2.24, 2.45) is 0 Å². The number of hydrogen-bond acceptors (Lipinski definition) is 7. The quantitative estimate of drug-likeness (QED) is 0.468. The normalized spacial score (nSPS) is 13.8. The van der Waals surface area contributed by atoms with Crippen LogP contribution < -0.4 is 15.6 Å². The molecule has 1 saturated carbocycles. The molecule has 1 aromatic carbocycles. The van der Waals surface area contributed by atoms with Gasteiger partial charge in [0.15, 0.2) is 5.82 Å². The van der Waals surface area contributed by atoms with Gasteiger partial charge in [-0.3, -0.25) is 9.36 Å². The van der Waals surface area contributed by atoms with Gasteiger partial charge in [-0.1, -0.05) is 25.0 Å². The number of pyridine rings is 2. The van der Waals surface area contributed by atoms with Crippen molar-refractivity contribution in [3.05, 3.63) is 76.8 Å². The molecule has 0 aliphatic heterocycles. The van der Waals surface area contributed by atoms with Crippen molar-refractivity contribution >= 4 is 5.82 Å². The molecule has 1 fully saturated rings. The second kappa shape index (κ2) is 9.23. The highest BCUT2D eigenvalue weighted by Gasteiger charge is 2.15. The van der Waals surface area contributed by atoms with Crippen LogP contribution in [0.3, 0.4) is 0 Å². The Morgan fingerprint density at radius 1 is 1.06 bits per heavy atom. The molecule has 1 aliphatic carbocycles. The van der Waals surface area contributed by atoms with Gasteiger partial charge < -0.3 is 10.1 Å². The van der Waals surface area contributed by atoms with E-state index in [9.17, 15) is 4.79 Å². The summed E-state index contributed by atoms with van der Waals surface area (Å²) in [6.45, 7) is 0.495. The molecule has 1 N–H and O–H groups in total. The van der Waals surface area contributed by atoms with Crippen LogP contribution in [0.25, 0.3) is 17.1 Å². The monoisotopic (exact) mass is 443 g/mol. The Labute approximate surface area is 191 Å². The predicted molar refractivity (Wildman–Crippen MR) is 125 cm³/mol. The summed E-state index contributed by atoms with van der Waals surface area (Å²) in [4.78, 5) is 17.1. The highest BCUT2D eigenvalue weighted by atomic mass is 16.5. The van der Waals surface area contributed by atoms with Crippen molar-refractivity contribution in [2.45, 2.75) is 38.3 Å². The molecule has 0 saturated heterocycles. The average molecular weight is 444 g/mol. The lowest BCUT2D eigenvalue weighted by atomic mass is 10.2. The van der Waals surface area contributed by atoms with Crippen molar-refractivity contribution in [2.75, 3.05) is 12.4 Å². The van der Waals surface area contributed by atoms with Gasteiger partial charge in [-0.25, -0.2) is 9.67 Å². The van der Waals surface area contributed by atoms with E-state index < -0.39 is 0 Å². The van der Waals surface area contributed by atoms with E-state index in [4.69, 9.17) is 4.74 Å². The molecule has 9 nitrogen and oxygen atoms in total. The van der Waals surface area contributed by atoms with Crippen LogP contribution in [0.2, 0.25) is 0 Å². The topological polar surface area (TPSA) is 99.8 Å². The molecule has 3 aromatic heterocycles. The predicted octanol–water partition coefficient (Wildman–Crippen LogP) is 3.30. The van der Waals surface area contributed by atoms with E-state index >= 15 is 0 Å². The number of hydrogen-bond donors (Lipinski definition) is 1. The van der Waals surface area contributed by atoms with Gasteiger partial charge in [0, 0.05) is 23.9 Å². The summed E-state index contributed by atoms with van der Waals surface area (Å²) in [6, 6.07) is 15.3. The van der Waals surface area contributed by atoms with E-state index in [1.807, 2.05) is 36.4 Å². The summed E-state index contributed by atoms with van der Waals surface area (Å²) in [7, 11) is 1.64. The zero-order valence-electron chi connectivity index (χ0n) is 18.4. The van der Waals surface area contributed by atoms with Crippen LogP contribution in [-0.2, 0) is 6.54 Å². The lowest BCUT2D eigenvalue weighted by molar-refractivity contribution is 0.414. The summed E-state index contributed by atoms with van der Waals surface area (Å²) >= 11 is 0. The van der Waals surface area contributed by atoms with Crippen LogP contribution in [0.4, 0.5) is 5.82 Å². The fourth-order valence-electron chi connectivity index (χ4n) is 4.14. The molecule has 0 amide bonds. The molecule has 0 spiro atoms. The summed E-state index contributed by atoms with van der Waals surface area (Å²) < 4.78 is 8.49. The highest BCUT2D eigenvalue weighted by molar-refractivity contribution is 5.54. The van der Waals surface area contributed by atoms with E-state index in [1.54, 1.807) is 34.8 Å². The number of tetrazole rings is 1. The first-order chi connectivity index (χ1) is 16.2. The van der Waals surface area contributed by atoms with Crippen LogP contribution in [0.1, 0.15) is 31.2 Å².